The molecular formula is C15H23F2NS. The molecule has 0 aliphatic heterocycles. The maximum atomic E-state index is 13.7. The molecule has 0 aliphatic carbocycles. The highest BCUT2D eigenvalue weighted by atomic mass is 32.2. The van der Waals surface area contributed by atoms with Crippen LogP contribution in [0.3, 0.4) is 0 Å². The van der Waals surface area contributed by atoms with Crippen LogP contribution in [-0.2, 0) is 0 Å². The van der Waals surface area contributed by atoms with Crippen LogP contribution in [0.15, 0.2) is 18.2 Å². The lowest BCUT2D eigenvalue weighted by atomic mass is 10.0. The van der Waals surface area contributed by atoms with Gasteiger partial charge in [-0.2, -0.15) is 11.8 Å². The second-order valence-corrected chi connectivity index (χ2v) is 6.11. The molecule has 1 N–H and O–H groups in total. The van der Waals surface area contributed by atoms with E-state index in [0.29, 0.717) is 0 Å². The molecule has 0 saturated heterocycles. The van der Waals surface area contributed by atoms with Gasteiger partial charge in [-0.25, -0.2) is 8.78 Å². The Labute approximate surface area is 119 Å². The smallest absolute Gasteiger partial charge is 0.130 e. The monoisotopic (exact) mass is 287 g/mol. The maximum absolute atomic E-state index is 13.7. The first-order valence-corrected chi connectivity index (χ1v) is 7.94. The van der Waals surface area contributed by atoms with Crippen molar-refractivity contribution in [2.45, 2.75) is 44.4 Å². The summed E-state index contributed by atoms with van der Waals surface area (Å²) in [5.41, 5.74) is 0.129. The molecule has 0 amide bonds. The highest BCUT2D eigenvalue weighted by Crippen LogP contribution is 2.30. The van der Waals surface area contributed by atoms with Gasteiger partial charge in [-0.15, -0.1) is 0 Å². The second-order valence-electron chi connectivity index (χ2n) is 4.83. The zero-order valence-corrected chi connectivity index (χ0v) is 12.9. The summed E-state index contributed by atoms with van der Waals surface area (Å²) in [7, 11) is 0. The number of hydrogen-bond acceptors (Lipinski definition) is 2. The number of halogens is 2. The van der Waals surface area contributed by atoms with Gasteiger partial charge in [-0.05, 0) is 38.2 Å². The van der Waals surface area contributed by atoms with Crippen LogP contribution in [0.4, 0.5) is 8.78 Å². The van der Waals surface area contributed by atoms with Crippen LogP contribution in [-0.4, -0.2) is 17.5 Å². The Kier molecular flexibility index (Phi) is 6.27. The third-order valence-electron chi connectivity index (χ3n) is 3.88. The molecule has 108 valence electrons. The molecule has 0 spiro atoms. The Hall–Kier alpha value is -0.610. The molecule has 19 heavy (non-hydrogen) atoms. The predicted octanol–water partition coefficient (Wildman–Crippen LogP) is 4.54. The maximum Gasteiger partial charge on any atom is 0.130 e. The minimum absolute atomic E-state index is 0.129. The Morgan fingerprint density at radius 3 is 2.16 bits per heavy atom. The van der Waals surface area contributed by atoms with E-state index in [4.69, 9.17) is 0 Å². The van der Waals surface area contributed by atoms with Crippen molar-refractivity contribution < 1.29 is 8.78 Å². The first-order valence-electron chi connectivity index (χ1n) is 6.72. The standard InChI is InChI=1S/C15H23F2NS/c1-5-15(6-2,19-4)10-18-11(3)14-12(16)8-7-9-13(14)17/h7-9,11,18H,5-6,10H2,1-4H3. The Morgan fingerprint density at radius 2 is 1.74 bits per heavy atom. The molecule has 1 atom stereocenters. The van der Waals surface area contributed by atoms with Gasteiger partial charge in [0.15, 0.2) is 0 Å². The third kappa shape index (κ3) is 3.93. The lowest BCUT2D eigenvalue weighted by Crippen LogP contribution is -2.38. The summed E-state index contributed by atoms with van der Waals surface area (Å²) in [5, 5.41) is 3.27. The quantitative estimate of drug-likeness (QED) is 0.790. The molecule has 0 bridgehead atoms. The molecule has 0 saturated carbocycles. The fraction of sp³-hybridized carbons (Fsp3) is 0.600. The number of hydrogen-bond donors (Lipinski definition) is 1. The molecule has 1 rings (SSSR count). The summed E-state index contributed by atoms with van der Waals surface area (Å²) in [6.07, 6.45) is 4.15. The van der Waals surface area contributed by atoms with Gasteiger partial charge in [0.25, 0.3) is 0 Å². The average molecular weight is 287 g/mol. The van der Waals surface area contributed by atoms with Crippen molar-refractivity contribution in [2.24, 2.45) is 0 Å². The van der Waals surface area contributed by atoms with Crippen molar-refractivity contribution in [1.82, 2.24) is 5.32 Å². The van der Waals surface area contributed by atoms with E-state index in [1.54, 1.807) is 6.92 Å². The first kappa shape index (κ1) is 16.4. The molecule has 1 aromatic carbocycles. The van der Waals surface area contributed by atoms with Crippen molar-refractivity contribution in [1.29, 1.82) is 0 Å². The summed E-state index contributed by atoms with van der Waals surface area (Å²) in [6.45, 7) is 6.85. The van der Waals surface area contributed by atoms with Crippen molar-refractivity contribution in [3.05, 3.63) is 35.4 Å². The highest BCUT2D eigenvalue weighted by Gasteiger charge is 2.26. The molecule has 1 unspecified atom stereocenters. The van der Waals surface area contributed by atoms with Crippen LogP contribution in [0.2, 0.25) is 0 Å². The topological polar surface area (TPSA) is 12.0 Å². The van der Waals surface area contributed by atoms with Crippen molar-refractivity contribution >= 4 is 11.8 Å². The van der Waals surface area contributed by atoms with E-state index in [9.17, 15) is 8.78 Å². The molecule has 1 nitrogen and oxygen atoms in total. The van der Waals surface area contributed by atoms with E-state index >= 15 is 0 Å². The SMILES string of the molecule is CCC(CC)(CNC(C)c1c(F)cccc1F)SC. The van der Waals surface area contributed by atoms with Gasteiger partial charge in [-0.1, -0.05) is 19.9 Å². The number of nitrogens with one attached hydrogen (secondary N) is 1. The van der Waals surface area contributed by atoms with Crippen LogP contribution < -0.4 is 5.32 Å². The lowest BCUT2D eigenvalue weighted by molar-refractivity contribution is 0.436. The van der Waals surface area contributed by atoms with Crippen molar-refractivity contribution in [3.63, 3.8) is 0 Å². The average Bonchev–Trinajstić information content (AvgIpc) is 2.41. The lowest BCUT2D eigenvalue weighted by Gasteiger charge is -2.31. The van der Waals surface area contributed by atoms with Gasteiger partial charge < -0.3 is 5.32 Å². The highest BCUT2D eigenvalue weighted by molar-refractivity contribution is 8.00. The van der Waals surface area contributed by atoms with Crippen LogP contribution in [0, 0.1) is 11.6 Å². The minimum atomic E-state index is -0.484. The molecular weight excluding hydrogens is 264 g/mol. The molecule has 4 heteroatoms. The summed E-state index contributed by atoms with van der Waals surface area (Å²) in [5.74, 6) is -0.967. The van der Waals surface area contributed by atoms with Crippen LogP contribution in [0.1, 0.15) is 45.2 Å². The van der Waals surface area contributed by atoms with Gasteiger partial charge in [0.2, 0.25) is 0 Å². The van der Waals surface area contributed by atoms with Gasteiger partial charge in [-0.3, -0.25) is 0 Å². The molecule has 0 aromatic heterocycles. The van der Waals surface area contributed by atoms with E-state index in [0.717, 1.165) is 19.4 Å². The van der Waals surface area contributed by atoms with Gasteiger partial charge in [0, 0.05) is 22.9 Å². The Bertz CT molecular complexity index is 377. The predicted molar refractivity (Wildman–Crippen MR) is 79.6 cm³/mol. The van der Waals surface area contributed by atoms with Crippen molar-refractivity contribution in [3.8, 4) is 0 Å². The van der Waals surface area contributed by atoms with Gasteiger partial charge in [0.05, 0.1) is 0 Å². The van der Waals surface area contributed by atoms with E-state index in [1.807, 2.05) is 11.8 Å². The van der Waals surface area contributed by atoms with Crippen LogP contribution >= 0.6 is 11.8 Å². The van der Waals surface area contributed by atoms with E-state index in [-0.39, 0.29) is 16.4 Å². The van der Waals surface area contributed by atoms with E-state index < -0.39 is 11.6 Å². The Balaban J connectivity index is 2.78. The first-order chi connectivity index (χ1) is 8.99. The zero-order valence-electron chi connectivity index (χ0n) is 12.1. The number of benzene rings is 1. The molecule has 0 aliphatic rings. The molecule has 0 heterocycles. The van der Waals surface area contributed by atoms with Gasteiger partial charge in [0.1, 0.15) is 11.6 Å². The fourth-order valence-electron chi connectivity index (χ4n) is 2.23. The summed E-state index contributed by atoms with van der Waals surface area (Å²) in [6, 6.07) is 3.67. The minimum Gasteiger partial charge on any atom is -0.309 e. The van der Waals surface area contributed by atoms with E-state index in [2.05, 4.69) is 25.4 Å². The second kappa shape index (κ2) is 7.25. The van der Waals surface area contributed by atoms with Gasteiger partial charge >= 0.3 is 0 Å². The number of thioether (sulfide) groups is 1. The normalized spacial score (nSPS) is 13.6. The largest absolute Gasteiger partial charge is 0.309 e. The summed E-state index contributed by atoms with van der Waals surface area (Å²) >= 11 is 1.81. The number of rotatable bonds is 7. The third-order valence-corrected chi connectivity index (χ3v) is 5.47. The molecule has 0 fully saturated rings. The van der Waals surface area contributed by atoms with Crippen molar-refractivity contribution in [2.75, 3.05) is 12.8 Å². The zero-order chi connectivity index (χ0) is 14.5. The van der Waals surface area contributed by atoms with E-state index in [1.165, 1.54) is 18.2 Å². The van der Waals surface area contributed by atoms with Crippen LogP contribution in [0.25, 0.3) is 0 Å². The van der Waals surface area contributed by atoms with Crippen LogP contribution in [0.5, 0.6) is 0 Å². The fourth-order valence-corrected chi connectivity index (χ4v) is 3.03. The summed E-state index contributed by atoms with van der Waals surface area (Å²) in [4.78, 5) is 0. The molecule has 1 aromatic rings. The summed E-state index contributed by atoms with van der Waals surface area (Å²) < 4.78 is 27.5. The molecule has 0 radical (unpaired) electrons. The Morgan fingerprint density at radius 1 is 1.21 bits per heavy atom.